The highest BCUT2D eigenvalue weighted by molar-refractivity contribution is 5.96. The van der Waals surface area contributed by atoms with Gasteiger partial charge < -0.3 is 20.1 Å². The summed E-state index contributed by atoms with van der Waals surface area (Å²) in [6.45, 7) is 4.69. The molecule has 2 amide bonds. The third kappa shape index (κ3) is 4.01. The molecule has 0 saturated heterocycles. The van der Waals surface area contributed by atoms with E-state index in [2.05, 4.69) is 24.5 Å². The number of carbonyl (C=O) groups is 2. The van der Waals surface area contributed by atoms with E-state index in [9.17, 15) is 9.59 Å². The molecule has 0 spiro atoms. The van der Waals surface area contributed by atoms with Crippen molar-refractivity contribution in [3.05, 3.63) is 18.2 Å². The van der Waals surface area contributed by atoms with Crippen LogP contribution in [0, 0.1) is 22.2 Å². The highest BCUT2D eigenvalue weighted by atomic mass is 16.5. The van der Waals surface area contributed by atoms with Crippen molar-refractivity contribution < 1.29 is 19.1 Å². The Morgan fingerprint density at radius 3 is 2.35 bits per heavy atom. The third-order valence-electron chi connectivity index (χ3n) is 7.83. The molecule has 5 aliphatic rings. The van der Waals surface area contributed by atoms with Gasteiger partial charge in [0.2, 0.25) is 5.91 Å². The van der Waals surface area contributed by atoms with Crippen molar-refractivity contribution in [3.8, 4) is 11.5 Å². The van der Waals surface area contributed by atoms with Gasteiger partial charge in [-0.05, 0) is 80.2 Å². The minimum absolute atomic E-state index is 0.0629. The van der Waals surface area contributed by atoms with Crippen LogP contribution in [0.3, 0.4) is 0 Å². The molecule has 5 aliphatic carbocycles. The Morgan fingerprint density at radius 1 is 1.03 bits per heavy atom. The van der Waals surface area contributed by atoms with Gasteiger partial charge in [0.25, 0.3) is 5.91 Å². The zero-order valence-electron chi connectivity index (χ0n) is 18.9. The van der Waals surface area contributed by atoms with Crippen molar-refractivity contribution >= 4 is 17.5 Å². The van der Waals surface area contributed by atoms with Crippen molar-refractivity contribution in [1.82, 2.24) is 5.32 Å². The Hall–Kier alpha value is -2.24. The summed E-state index contributed by atoms with van der Waals surface area (Å²) in [5.41, 5.74) is 0.992. The zero-order valence-corrected chi connectivity index (χ0v) is 18.9. The van der Waals surface area contributed by atoms with Crippen molar-refractivity contribution in [2.45, 2.75) is 71.3 Å². The molecule has 0 radical (unpaired) electrons. The Kier molecular flexibility index (Phi) is 4.76. The maximum Gasteiger partial charge on any atom is 0.258 e. The summed E-state index contributed by atoms with van der Waals surface area (Å²) in [5, 5.41) is 6.10. The Morgan fingerprint density at radius 2 is 1.74 bits per heavy atom. The predicted octanol–water partition coefficient (Wildman–Crippen LogP) is 4.29. The van der Waals surface area contributed by atoms with Crippen LogP contribution in [0.2, 0.25) is 0 Å². The number of methoxy groups -OCH3 is 1. The van der Waals surface area contributed by atoms with E-state index in [1.165, 1.54) is 19.3 Å². The van der Waals surface area contributed by atoms with E-state index in [1.54, 1.807) is 19.2 Å². The van der Waals surface area contributed by atoms with E-state index < -0.39 is 0 Å². The van der Waals surface area contributed by atoms with Gasteiger partial charge in [-0.15, -0.1) is 0 Å². The molecule has 1 aromatic rings. The van der Waals surface area contributed by atoms with Gasteiger partial charge in [-0.2, -0.15) is 0 Å². The summed E-state index contributed by atoms with van der Waals surface area (Å²) >= 11 is 0. The number of carbonyl (C=O) groups excluding carboxylic acids is 2. The fourth-order valence-corrected chi connectivity index (χ4v) is 7.47. The second kappa shape index (κ2) is 7.14. The number of nitrogens with one attached hydrogen (secondary N) is 2. The van der Waals surface area contributed by atoms with Gasteiger partial charge in [0.1, 0.15) is 0 Å². The highest BCUT2D eigenvalue weighted by Crippen LogP contribution is 2.69. The lowest BCUT2D eigenvalue weighted by molar-refractivity contribution is -0.165. The Labute approximate surface area is 184 Å². The van der Waals surface area contributed by atoms with Crippen LogP contribution in [0.15, 0.2) is 18.2 Å². The molecule has 1 aromatic carbocycles. The first-order valence-electron chi connectivity index (χ1n) is 11.6. The van der Waals surface area contributed by atoms with Crippen LogP contribution >= 0.6 is 0 Å². The number of amides is 2. The van der Waals surface area contributed by atoms with Gasteiger partial charge in [-0.1, -0.05) is 13.8 Å². The quantitative estimate of drug-likeness (QED) is 0.682. The predicted molar refractivity (Wildman–Crippen MR) is 118 cm³/mol. The smallest absolute Gasteiger partial charge is 0.258 e. The van der Waals surface area contributed by atoms with Gasteiger partial charge in [-0.25, -0.2) is 0 Å². The average molecular weight is 427 g/mol. The second-order valence-corrected chi connectivity index (χ2v) is 11.4. The number of rotatable bonds is 7. The number of anilines is 1. The topological polar surface area (TPSA) is 76.7 Å². The lowest BCUT2D eigenvalue weighted by Crippen LogP contribution is -2.58. The fraction of sp³-hybridized carbons (Fsp3) is 0.680. The largest absolute Gasteiger partial charge is 0.493 e. The molecular formula is C25H34N2O4. The lowest BCUT2D eigenvalue weighted by Gasteiger charge is -2.64. The second-order valence-electron chi connectivity index (χ2n) is 11.4. The molecule has 2 N–H and O–H groups in total. The van der Waals surface area contributed by atoms with Crippen molar-refractivity contribution in [2.75, 3.05) is 19.0 Å². The number of ether oxygens (including phenoxy) is 2. The molecular weight excluding hydrogens is 392 g/mol. The molecule has 168 valence electrons. The zero-order chi connectivity index (χ0) is 21.9. The summed E-state index contributed by atoms with van der Waals surface area (Å²) in [7, 11) is 1.57. The van der Waals surface area contributed by atoms with Crippen LogP contribution in [-0.2, 0) is 9.59 Å². The van der Waals surface area contributed by atoms with E-state index in [0.717, 1.165) is 32.1 Å². The molecule has 0 aromatic heterocycles. The molecule has 4 bridgehead atoms. The van der Waals surface area contributed by atoms with E-state index in [1.807, 2.05) is 6.07 Å². The van der Waals surface area contributed by atoms with E-state index in [0.29, 0.717) is 29.1 Å². The first-order chi connectivity index (χ1) is 14.7. The van der Waals surface area contributed by atoms with Crippen LogP contribution in [0.1, 0.15) is 65.2 Å². The fourth-order valence-electron chi connectivity index (χ4n) is 7.47. The average Bonchev–Trinajstić information content (AvgIpc) is 3.47. The SMILES string of the molecule is COc1ccc(NC(=O)C23CC4CC(C)(CC(C)(C4)C2)C3)cc1OCC(=O)NC1CC1. The van der Waals surface area contributed by atoms with E-state index in [4.69, 9.17) is 9.47 Å². The molecule has 2 unspecified atom stereocenters. The summed E-state index contributed by atoms with van der Waals surface area (Å²) in [5.74, 6) is 1.69. The lowest BCUT2D eigenvalue weighted by atomic mass is 9.40. The van der Waals surface area contributed by atoms with Crippen molar-refractivity contribution in [3.63, 3.8) is 0 Å². The van der Waals surface area contributed by atoms with Gasteiger partial charge in [-0.3, -0.25) is 9.59 Å². The minimum atomic E-state index is -0.270. The molecule has 5 saturated carbocycles. The molecule has 2 atom stereocenters. The van der Waals surface area contributed by atoms with Crippen LogP contribution in [0.4, 0.5) is 5.69 Å². The first-order valence-corrected chi connectivity index (χ1v) is 11.6. The Balaban J connectivity index is 1.30. The molecule has 0 aliphatic heterocycles. The first kappa shape index (κ1) is 20.7. The number of benzene rings is 1. The van der Waals surface area contributed by atoms with E-state index in [-0.39, 0.29) is 34.7 Å². The molecule has 5 fully saturated rings. The normalized spacial score (nSPS) is 35.5. The van der Waals surface area contributed by atoms with Crippen LogP contribution in [0.25, 0.3) is 0 Å². The minimum Gasteiger partial charge on any atom is -0.493 e. The summed E-state index contributed by atoms with van der Waals surface area (Å²) < 4.78 is 11.1. The summed E-state index contributed by atoms with van der Waals surface area (Å²) in [6, 6.07) is 5.70. The molecule has 6 nitrogen and oxygen atoms in total. The van der Waals surface area contributed by atoms with Gasteiger partial charge in [0.05, 0.1) is 12.5 Å². The van der Waals surface area contributed by atoms with Gasteiger partial charge >= 0.3 is 0 Å². The number of hydrogen-bond donors (Lipinski definition) is 2. The molecule has 31 heavy (non-hydrogen) atoms. The molecule has 6 rings (SSSR count). The molecule has 6 heteroatoms. The maximum absolute atomic E-state index is 13.6. The van der Waals surface area contributed by atoms with Crippen LogP contribution < -0.4 is 20.1 Å². The third-order valence-corrected chi connectivity index (χ3v) is 7.83. The van der Waals surface area contributed by atoms with Crippen molar-refractivity contribution in [1.29, 1.82) is 0 Å². The standard InChI is InChI=1S/C25H34N2O4/c1-23-9-16-10-24(2,13-23)15-25(11-16,14-23)22(29)27-18-6-7-19(30-3)20(8-18)31-12-21(28)26-17-4-5-17/h6-8,16-17H,4-5,9-15H2,1-3H3,(H,26,28)(H,27,29). The maximum atomic E-state index is 13.6. The van der Waals surface area contributed by atoms with Crippen LogP contribution in [0.5, 0.6) is 11.5 Å². The van der Waals surface area contributed by atoms with Gasteiger partial charge in [0, 0.05) is 17.8 Å². The number of hydrogen-bond acceptors (Lipinski definition) is 4. The summed E-state index contributed by atoms with van der Waals surface area (Å²) in [6.07, 6.45) is 8.83. The summed E-state index contributed by atoms with van der Waals surface area (Å²) in [4.78, 5) is 25.6. The van der Waals surface area contributed by atoms with E-state index >= 15 is 0 Å². The van der Waals surface area contributed by atoms with Crippen LogP contribution in [-0.4, -0.2) is 31.6 Å². The van der Waals surface area contributed by atoms with Crippen molar-refractivity contribution in [2.24, 2.45) is 22.2 Å². The van der Waals surface area contributed by atoms with Gasteiger partial charge in [0.15, 0.2) is 18.1 Å². The Bertz CT molecular complexity index is 891. The monoisotopic (exact) mass is 426 g/mol. The molecule has 0 heterocycles. The highest BCUT2D eigenvalue weighted by Gasteiger charge is 2.62.